The average Bonchev–Trinajstić information content (AvgIpc) is 3.21. The number of carboxylic acid groups (broad SMARTS) is 1. The van der Waals surface area contributed by atoms with Crippen molar-refractivity contribution < 1.29 is 28.2 Å². The van der Waals surface area contributed by atoms with E-state index in [1.807, 2.05) is 20.8 Å². The summed E-state index contributed by atoms with van der Waals surface area (Å²) in [4.78, 5) is 24.9. The highest BCUT2D eigenvalue weighted by molar-refractivity contribution is 6.31. The third kappa shape index (κ3) is 6.47. The number of ether oxygens (including phenoxy) is 1. The number of nitrogens with zero attached hydrogens (tertiary/aromatic N) is 1. The maximum atomic E-state index is 15.8. The van der Waals surface area contributed by atoms with Crippen LogP contribution >= 0.6 is 23.2 Å². The van der Waals surface area contributed by atoms with Gasteiger partial charge in [0.15, 0.2) is 0 Å². The lowest BCUT2D eigenvalue weighted by Crippen LogP contribution is -2.44. The van der Waals surface area contributed by atoms with Gasteiger partial charge < -0.3 is 20.5 Å². The van der Waals surface area contributed by atoms with Crippen molar-refractivity contribution in [2.45, 2.75) is 57.0 Å². The summed E-state index contributed by atoms with van der Waals surface area (Å²) >= 11 is 12.3. The van der Waals surface area contributed by atoms with Gasteiger partial charge in [0.25, 0.3) is 0 Å². The van der Waals surface area contributed by atoms with Crippen molar-refractivity contribution in [1.29, 1.82) is 5.26 Å². The van der Waals surface area contributed by atoms with Gasteiger partial charge in [-0.1, -0.05) is 62.2 Å². The Morgan fingerprint density at radius 3 is 2.47 bits per heavy atom. The van der Waals surface area contributed by atoms with Gasteiger partial charge in [-0.2, -0.15) is 5.26 Å². The first-order valence-corrected chi connectivity index (χ1v) is 14.3. The summed E-state index contributed by atoms with van der Waals surface area (Å²) in [6, 6.07) is 13.2. The molecule has 3 N–H and O–H groups in total. The number of hydrogen-bond acceptors (Lipinski definition) is 5. The second-order valence-corrected chi connectivity index (χ2v) is 12.6. The molecular weight excluding hydrogens is 599 g/mol. The average molecular weight is 631 g/mol. The molecule has 43 heavy (non-hydrogen) atoms. The second-order valence-electron chi connectivity index (χ2n) is 11.8. The number of halogens is 4. The van der Waals surface area contributed by atoms with Gasteiger partial charge in [-0.05, 0) is 53.8 Å². The highest BCUT2D eigenvalue weighted by Gasteiger charge is 2.59. The number of benzene rings is 3. The molecule has 1 fully saturated rings. The van der Waals surface area contributed by atoms with Crippen LogP contribution < -0.4 is 15.4 Å². The highest BCUT2D eigenvalue weighted by Crippen LogP contribution is 2.53. The molecule has 0 radical (unpaired) electrons. The van der Waals surface area contributed by atoms with E-state index in [0.29, 0.717) is 6.42 Å². The molecule has 3 aromatic rings. The van der Waals surface area contributed by atoms with Crippen molar-refractivity contribution in [2.75, 3.05) is 12.4 Å². The van der Waals surface area contributed by atoms with E-state index in [4.69, 9.17) is 27.9 Å². The number of amides is 1. The lowest BCUT2D eigenvalue weighted by Gasteiger charge is -2.37. The number of nitriles is 1. The molecule has 1 heterocycles. The Morgan fingerprint density at radius 2 is 1.86 bits per heavy atom. The molecule has 1 aliphatic rings. The molecule has 1 aliphatic heterocycles. The third-order valence-corrected chi connectivity index (χ3v) is 8.21. The van der Waals surface area contributed by atoms with Crippen molar-refractivity contribution in [3.63, 3.8) is 0 Å². The van der Waals surface area contributed by atoms with E-state index in [1.54, 1.807) is 6.07 Å². The third-order valence-electron chi connectivity index (χ3n) is 7.68. The van der Waals surface area contributed by atoms with Crippen molar-refractivity contribution in [2.24, 2.45) is 5.41 Å². The van der Waals surface area contributed by atoms with Gasteiger partial charge in [-0.25, -0.2) is 13.6 Å². The molecule has 4 rings (SSSR count). The van der Waals surface area contributed by atoms with Gasteiger partial charge in [0.05, 0.1) is 29.5 Å². The number of hydrogen-bond donors (Lipinski definition) is 3. The van der Waals surface area contributed by atoms with Crippen molar-refractivity contribution in [3.05, 3.63) is 93.0 Å². The summed E-state index contributed by atoms with van der Waals surface area (Å²) in [6.07, 6.45) is 0.129. The summed E-state index contributed by atoms with van der Waals surface area (Å²) < 4.78 is 36.8. The minimum Gasteiger partial charge on any atom is -0.495 e. The topological polar surface area (TPSA) is 111 Å². The van der Waals surface area contributed by atoms with Crippen molar-refractivity contribution in [1.82, 2.24) is 5.32 Å². The van der Waals surface area contributed by atoms with Crippen molar-refractivity contribution >= 4 is 40.8 Å². The van der Waals surface area contributed by atoms with Crippen molar-refractivity contribution in [3.8, 4) is 11.8 Å². The van der Waals surface area contributed by atoms with Gasteiger partial charge >= 0.3 is 5.97 Å². The van der Waals surface area contributed by atoms with Gasteiger partial charge in [0, 0.05) is 35.0 Å². The zero-order chi connectivity index (χ0) is 31.7. The fourth-order valence-corrected chi connectivity index (χ4v) is 6.31. The van der Waals surface area contributed by atoms with Crippen LogP contribution in [0.15, 0.2) is 54.6 Å². The molecule has 0 bridgehead atoms. The summed E-state index contributed by atoms with van der Waals surface area (Å²) in [5, 5.41) is 26.3. The fourth-order valence-electron chi connectivity index (χ4n) is 5.97. The van der Waals surface area contributed by atoms with Crippen LogP contribution in [-0.2, 0) is 10.2 Å². The Kier molecular flexibility index (Phi) is 9.36. The normalized spacial score (nSPS) is 21.7. The quantitative estimate of drug-likeness (QED) is 0.240. The molecule has 3 aromatic carbocycles. The Balaban J connectivity index is 1.85. The molecule has 1 saturated heterocycles. The van der Waals surface area contributed by atoms with Crippen LogP contribution in [0.1, 0.15) is 61.0 Å². The Bertz CT molecular complexity index is 1600. The maximum absolute atomic E-state index is 15.8. The fraction of sp³-hybridized carbons (Fsp3) is 0.344. The molecule has 0 aliphatic carbocycles. The molecule has 7 nitrogen and oxygen atoms in total. The Hall–Kier alpha value is -3.71. The molecular formula is C32H31Cl2F2N3O4. The Labute approximate surface area is 258 Å². The lowest BCUT2D eigenvalue weighted by molar-refractivity contribution is -0.116. The van der Waals surface area contributed by atoms with E-state index in [-0.39, 0.29) is 50.0 Å². The molecule has 226 valence electrons. The number of carboxylic acids is 1. The summed E-state index contributed by atoms with van der Waals surface area (Å²) in [6.45, 7) is 5.91. The van der Waals surface area contributed by atoms with E-state index in [1.165, 1.54) is 49.6 Å². The summed E-state index contributed by atoms with van der Waals surface area (Å²) in [5.74, 6) is -4.10. The molecule has 11 heteroatoms. The molecule has 0 aromatic heterocycles. The predicted molar refractivity (Wildman–Crippen MR) is 161 cm³/mol. The zero-order valence-electron chi connectivity index (χ0n) is 24.0. The molecule has 4 atom stereocenters. The van der Waals surface area contributed by atoms with Crippen LogP contribution in [0, 0.1) is 28.4 Å². The monoisotopic (exact) mass is 629 g/mol. The summed E-state index contributed by atoms with van der Waals surface area (Å²) in [5.41, 5.74) is -1.73. The number of carbonyl (C=O) groups excluding carboxylic acids is 1. The highest BCUT2D eigenvalue weighted by atomic mass is 35.5. The smallest absolute Gasteiger partial charge is 0.335 e. The van der Waals surface area contributed by atoms with E-state index >= 15 is 8.78 Å². The number of rotatable bonds is 8. The van der Waals surface area contributed by atoms with Crippen LogP contribution in [-0.4, -0.2) is 36.2 Å². The standard InChI is InChI=1S/C32H31Cl2F2N3O4/c1-31(2,3)15-26-32(16-37,20-10-9-18(33)13-22(20)35)28(19-6-5-7-21(34)29(19)36)24(38-26)14-27(40)39-23-11-8-17(30(41)42)12-25(23)43-4/h5-13,24,26,28,38H,14-15H2,1-4H3,(H,39,40)(H,41,42)/t24-,26-,28-,32-/m0/s1. The number of anilines is 1. The minimum absolute atomic E-state index is 0.0272. The van der Waals surface area contributed by atoms with E-state index in [9.17, 15) is 20.0 Å². The molecule has 0 spiro atoms. The summed E-state index contributed by atoms with van der Waals surface area (Å²) in [7, 11) is 1.34. The van der Waals surface area contributed by atoms with Crippen LogP contribution in [0.3, 0.4) is 0 Å². The molecule has 0 saturated carbocycles. The van der Waals surface area contributed by atoms with Gasteiger partial charge in [0.1, 0.15) is 22.8 Å². The van der Waals surface area contributed by atoms with E-state index in [0.717, 1.165) is 6.07 Å². The maximum Gasteiger partial charge on any atom is 0.335 e. The van der Waals surface area contributed by atoms with Crippen LogP contribution in [0.25, 0.3) is 0 Å². The predicted octanol–water partition coefficient (Wildman–Crippen LogP) is 7.33. The van der Waals surface area contributed by atoms with Gasteiger partial charge in [-0.15, -0.1) is 0 Å². The first-order valence-electron chi connectivity index (χ1n) is 13.5. The first kappa shape index (κ1) is 32.2. The Morgan fingerprint density at radius 1 is 1.14 bits per heavy atom. The second kappa shape index (κ2) is 12.5. The number of methoxy groups -OCH3 is 1. The van der Waals surface area contributed by atoms with Gasteiger partial charge in [-0.3, -0.25) is 4.79 Å². The first-order chi connectivity index (χ1) is 20.2. The van der Waals surface area contributed by atoms with E-state index < -0.39 is 46.9 Å². The largest absolute Gasteiger partial charge is 0.495 e. The molecule has 0 unspecified atom stereocenters. The minimum atomic E-state index is -1.67. The van der Waals surface area contributed by atoms with E-state index in [2.05, 4.69) is 16.7 Å². The van der Waals surface area contributed by atoms with Crippen LogP contribution in [0.2, 0.25) is 10.0 Å². The zero-order valence-corrected chi connectivity index (χ0v) is 25.5. The number of nitrogens with one attached hydrogen (secondary N) is 2. The SMILES string of the molecule is COc1cc(C(=O)O)ccc1NC(=O)C[C@@H]1N[C@@H](CC(C)(C)C)[C@](C#N)(c2ccc(Cl)cc2F)[C@H]1c1cccc(Cl)c1F. The van der Waals surface area contributed by atoms with Gasteiger partial charge in [0.2, 0.25) is 5.91 Å². The number of aromatic carboxylic acids is 1. The lowest BCUT2D eigenvalue weighted by atomic mass is 9.62. The molecule has 1 amide bonds. The van der Waals surface area contributed by atoms with Crippen LogP contribution in [0.4, 0.5) is 14.5 Å². The number of carbonyl (C=O) groups is 2. The van der Waals surface area contributed by atoms with Crippen LogP contribution in [0.5, 0.6) is 5.75 Å².